The van der Waals surface area contributed by atoms with Crippen LogP contribution in [0.5, 0.6) is 0 Å². The van der Waals surface area contributed by atoms with Crippen molar-refractivity contribution in [2.24, 2.45) is 10.7 Å². The van der Waals surface area contributed by atoms with Gasteiger partial charge in [0.2, 0.25) is 0 Å². The van der Waals surface area contributed by atoms with Gasteiger partial charge in [-0.25, -0.2) is 0 Å². The van der Waals surface area contributed by atoms with Crippen molar-refractivity contribution in [3.05, 3.63) is 59.2 Å². The van der Waals surface area contributed by atoms with E-state index in [0.29, 0.717) is 22.7 Å². The molecule has 4 radical (unpaired) electrons. The largest absolute Gasteiger partial charge is 0.398 e. The second-order valence-corrected chi connectivity index (χ2v) is 6.68. The normalized spacial score (nSPS) is 19.5. The molecule has 7 heteroatoms. The molecule has 0 bridgehead atoms. The van der Waals surface area contributed by atoms with Crippen LogP contribution in [0.4, 0.5) is 11.4 Å². The summed E-state index contributed by atoms with van der Waals surface area (Å²) in [7, 11) is 11.8. The number of piperidine rings is 1. The number of carbonyl (C=O) groups is 1. The molecule has 128 valence electrons. The lowest BCUT2D eigenvalue weighted by atomic mass is 9.57. The molecule has 1 heterocycles. The van der Waals surface area contributed by atoms with E-state index in [4.69, 9.17) is 27.2 Å². The lowest BCUT2D eigenvalue weighted by molar-refractivity contribution is 0.100. The molecule has 1 fully saturated rings. The third-order valence-corrected chi connectivity index (χ3v) is 4.71. The summed E-state index contributed by atoms with van der Waals surface area (Å²) >= 11 is 0. The first-order valence-corrected chi connectivity index (χ1v) is 8.51. The summed E-state index contributed by atoms with van der Waals surface area (Å²) in [4.78, 5) is 15.8. The van der Waals surface area contributed by atoms with Gasteiger partial charge in [-0.1, -0.05) is 36.0 Å². The fourth-order valence-electron chi connectivity index (χ4n) is 3.09. The van der Waals surface area contributed by atoms with Crippen LogP contribution in [0.3, 0.4) is 0 Å². The van der Waals surface area contributed by atoms with E-state index in [-0.39, 0.29) is 0 Å². The van der Waals surface area contributed by atoms with Crippen molar-refractivity contribution in [1.82, 2.24) is 5.32 Å². The summed E-state index contributed by atoms with van der Waals surface area (Å²) in [6, 6.07) is 13.1. The van der Waals surface area contributed by atoms with Crippen LogP contribution in [-0.2, 0) is 0 Å². The molecule has 1 aliphatic heterocycles. The number of amides is 1. The first kappa shape index (κ1) is 18.3. The maximum atomic E-state index is 11.4. The Kier molecular flexibility index (Phi) is 5.18. The van der Waals surface area contributed by atoms with Crippen LogP contribution in [0.1, 0.15) is 40.2 Å². The highest BCUT2D eigenvalue weighted by molar-refractivity contribution is 6.40. The Balaban J connectivity index is 1.71. The highest BCUT2D eigenvalue weighted by Crippen LogP contribution is 2.28. The lowest BCUT2D eigenvalue weighted by Crippen LogP contribution is -2.51. The minimum atomic E-state index is -0.764. The summed E-state index contributed by atoms with van der Waals surface area (Å²) in [5.41, 5.74) is 14.6. The van der Waals surface area contributed by atoms with Gasteiger partial charge in [0.15, 0.2) is 0 Å². The number of hydrogen-bond donors (Lipinski definition) is 3. The van der Waals surface area contributed by atoms with Crippen molar-refractivity contribution in [3.8, 4) is 0 Å². The molecule has 26 heavy (non-hydrogen) atoms. The third-order valence-electron chi connectivity index (χ3n) is 4.71. The van der Waals surface area contributed by atoms with E-state index in [2.05, 4.69) is 22.4 Å². The molecule has 1 saturated heterocycles. The molecule has 1 amide bonds. The van der Waals surface area contributed by atoms with Crippen LogP contribution in [0.2, 0.25) is 0 Å². The lowest BCUT2D eigenvalue weighted by Gasteiger charge is -2.37. The number of aliphatic imine (C=N–C) groups is 1. The zero-order valence-corrected chi connectivity index (χ0v) is 14.5. The van der Waals surface area contributed by atoms with Gasteiger partial charge >= 0.3 is 0 Å². The fraction of sp³-hybridized carbons (Fsp3) is 0.263. The highest BCUT2D eigenvalue weighted by Gasteiger charge is 2.25. The van der Waals surface area contributed by atoms with E-state index in [1.54, 1.807) is 24.4 Å². The quantitative estimate of drug-likeness (QED) is 0.447. The maximum absolute atomic E-state index is 11.4. The molecule has 5 N–H and O–H groups in total. The van der Waals surface area contributed by atoms with Gasteiger partial charge in [0.1, 0.15) is 0 Å². The van der Waals surface area contributed by atoms with Gasteiger partial charge in [-0.3, -0.25) is 9.79 Å². The average molecular weight is 342 g/mol. The van der Waals surface area contributed by atoms with Gasteiger partial charge in [-0.15, -0.1) is 0 Å². The number of hydrogen-bond acceptors (Lipinski definition) is 4. The van der Waals surface area contributed by atoms with Gasteiger partial charge in [0, 0.05) is 18.3 Å². The molecule has 2 aromatic carbocycles. The SMILES string of the molecule is [B]C1([B])CCC(c2ccc(N=Cc3cccc(C(N)=O)c3N)cc2)CN1. The fourth-order valence-corrected chi connectivity index (χ4v) is 3.09. The minimum absolute atomic E-state index is 0.296. The number of primary amides is 1. The van der Waals surface area contributed by atoms with Crippen molar-refractivity contribution in [2.75, 3.05) is 12.3 Å². The van der Waals surface area contributed by atoms with Crippen LogP contribution >= 0.6 is 0 Å². The first-order valence-electron chi connectivity index (χ1n) is 8.51. The molecule has 0 saturated carbocycles. The number of benzene rings is 2. The Morgan fingerprint density at radius 1 is 1.23 bits per heavy atom. The zero-order valence-electron chi connectivity index (χ0n) is 14.5. The molecule has 1 atom stereocenters. The van der Waals surface area contributed by atoms with E-state index in [9.17, 15) is 4.79 Å². The van der Waals surface area contributed by atoms with Crippen molar-refractivity contribution in [3.63, 3.8) is 0 Å². The molecule has 0 aliphatic carbocycles. The van der Waals surface area contributed by atoms with Crippen LogP contribution in [-0.4, -0.2) is 39.7 Å². The van der Waals surface area contributed by atoms with E-state index in [0.717, 1.165) is 25.1 Å². The van der Waals surface area contributed by atoms with Gasteiger partial charge < -0.3 is 16.8 Å². The maximum Gasteiger partial charge on any atom is 0.250 e. The molecule has 5 nitrogen and oxygen atoms in total. The van der Waals surface area contributed by atoms with E-state index in [1.807, 2.05) is 12.1 Å². The second kappa shape index (κ2) is 7.38. The Morgan fingerprint density at radius 3 is 2.58 bits per heavy atom. The molecular weight excluding hydrogens is 322 g/mol. The van der Waals surface area contributed by atoms with Crippen molar-refractivity contribution < 1.29 is 4.79 Å². The first-order chi connectivity index (χ1) is 12.4. The van der Waals surface area contributed by atoms with E-state index >= 15 is 0 Å². The number of rotatable bonds is 4. The number of para-hydroxylation sites is 1. The van der Waals surface area contributed by atoms with Gasteiger partial charge in [-0.05, 0) is 36.1 Å². The molecule has 0 aromatic heterocycles. The van der Waals surface area contributed by atoms with Gasteiger partial charge in [0.25, 0.3) is 5.91 Å². The van der Waals surface area contributed by atoms with Crippen molar-refractivity contribution in [2.45, 2.75) is 24.1 Å². The van der Waals surface area contributed by atoms with E-state index in [1.165, 1.54) is 5.56 Å². The summed E-state index contributed by atoms with van der Waals surface area (Å²) in [6.45, 7) is 0.756. The summed E-state index contributed by atoms with van der Waals surface area (Å²) in [5.74, 6) is -0.168. The molecular formula is C19H20B2N4O. The van der Waals surface area contributed by atoms with Gasteiger partial charge in [-0.2, -0.15) is 0 Å². The molecule has 1 unspecified atom stereocenters. The molecule has 2 aromatic rings. The smallest absolute Gasteiger partial charge is 0.250 e. The summed E-state index contributed by atoms with van der Waals surface area (Å²) in [5, 5.41) is 2.40. The van der Waals surface area contributed by atoms with Crippen molar-refractivity contribution in [1.29, 1.82) is 0 Å². The topological polar surface area (TPSA) is 93.5 Å². The minimum Gasteiger partial charge on any atom is -0.398 e. The second-order valence-electron chi connectivity index (χ2n) is 6.68. The number of anilines is 1. The number of nitrogens with one attached hydrogen (secondary N) is 1. The predicted octanol–water partition coefficient (Wildman–Crippen LogP) is 1.58. The average Bonchev–Trinajstić information content (AvgIpc) is 2.61. The van der Waals surface area contributed by atoms with Crippen LogP contribution in [0.15, 0.2) is 47.5 Å². The number of nitrogens with zero attached hydrogens (tertiary/aromatic N) is 1. The Labute approximate surface area is 156 Å². The predicted molar refractivity (Wildman–Crippen MR) is 107 cm³/mol. The monoisotopic (exact) mass is 342 g/mol. The third kappa shape index (κ3) is 4.17. The number of carbonyl (C=O) groups excluding carboxylic acids is 1. The van der Waals surface area contributed by atoms with Crippen LogP contribution < -0.4 is 16.8 Å². The molecule has 3 rings (SSSR count). The van der Waals surface area contributed by atoms with E-state index < -0.39 is 11.2 Å². The summed E-state index contributed by atoms with van der Waals surface area (Å²) in [6.07, 6.45) is 3.31. The Hall–Kier alpha value is -2.53. The highest BCUT2D eigenvalue weighted by atomic mass is 16.1. The van der Waals surface area contributed by atoms with Crippen LogP contribution in [0.25, 0.3) is 0 Å². The van der Waals surface area contributed by atoms with Crippen molar-refractivity contribution >= 4 is 39.2 Å². The zero-order chi connectivity index (χ0) is 18.7. The molecule has 1 aliphatic rings. The molecule has 0 spiro atoms. The number of nitrogen functional groups attached to an aromatic ring is 1. The number of nitrogens with two attached hydrogens (primary N) is 2. The Morgan fingerprint density at radius 2 is 1.96 bits per heavy atom. The van der Waals surface area contributed by atoms with Gasteiger partial charge in [0.05, 0.1) is 32.6 Å². The van der Waals surface area contributed by atoms with Crippen LogP contribution in [0, 0.1) is 0 Å². The summed E-state index contributed by atoms with van der Waals surface area (Å²) < 4.78 is 0. The standard InChI is InChI=1S/C19H20B2N4O/c20-19(21)9-8-13(11-25-19)12-4-6-15(7-5-12)24-10-14-2-1-3-16(17(14)22)18(23)26/h1-7,10,13,25H,8-9,11,22H2,(H2,23,26). The Bertz CT molecular complexity index is 824.